The molecule has 28 heavy (non-hydrogen) atoms. The van der Waals surface area contributed by atoms with Gasteiger partial charge in [-0.3, -0.25) is 4.79 Å². The summed E-state index contributed by atoms with van der Waals surface area (Å²) in [4.78, 5) is 17.3. The molecule has 3 aromatic rings. The van der Waals surface area contributed by atoms with Gasteiger partial charge in [-0.05, 0) is 56.4 Å². The summed E-state index contributed by atoms with van der Waals surface area (Å²) in [6, 6.07) is 8.26. The van der Waals surface area contributed by atoms with Crippen LogP contribution in [0.5, 0.6) is 0 Å². The zero-order valence-electron chi connectivity index (χ0n) is 16.3. The van der Waals surface area contributed by atoms with Crippen LogP contribution in [0, 0.1) is 25.6 Å². The highest BCUT2D eigenvalue weighted by molar-refractivity contribution is 5.98. The predicted molar refractivity (Wildman–Crippen MR) is 108 cm³/mol. The number of anilines is 1. The van der Waals surface area contributed by atoms with Crippen molar-refractivity contribution in [2.45, 2.75) is 52.4 Å². The summed E-state index contributed by atoms with van der Waals surface area (Å²) >= 11 is 0. The molecule has 0 saturated heterocycles. The molecule has 0 unspecified atom stereocenters. The second kappa shape index (κ2) is 7.70. The van der Waals surface area contributed by atoms with Gasteiger partial charge in [-0.1, -0.05) is 31.4 Å². The molecule has 2 heterocycles. The zero-order chi connectivity index (χ0) is 19.7. The van der Waals surface area contributed by atoms with Crippen molar-refractivity contribution in [3.05, 3.63) is 47.5 Å². The van der Waals surface area contributed by atoms with E-state index < -0.39 is 0 Å². The Morgan fingerprint density at radius 2 is 2.00 bits per heavy atom. The molecule has 1 saturated carbocycles. The van der Waals surface area contributed by atoms with Gasteiger partial charge in [0.25, 0.3) is 0 Å². The molecular weight excluding hydrogens is 355 g/mol. The summed E-state index contributed by atoms with van der Waals surface area (Å²) in [6.07, 6.45) is 6.37. The largest absolute Gasteiger partial charge is 0.309 e. The molecule has 2 aromatic heterocycles. The van der Waals surface area contributed by atoms with E-state index in [1.54, 1.807) is 10.6 Å². The lowest BCUT2D eigenvalue weighted by Gasteiger charge is -2.20. The number of aryl methyl sites for hydroxylation is 2. The first-order valence-electron chi connectivity index (χ1n) is 9.94. The highest BCUT2D eigenvalue weighted by Gasteiger charge is 2.22. The maximum absolute atomic E-state index is 13.9. The minimum atomic E-state index is -0.333. The number of hydrogen-bond donors (Lipinski definition) is 1. The van der Waals surface area contributed by atoms with Crippen LogP contribution in [0.4, 0.5) is 10.2 Å². The van der Waals surface area contributed by atoms with Crippen molar-refractivity contribution in [2.24, 2.45) is 5.92 Å². The van der Waals surface area contributed by atoms with Crippen molar-refractivity contribution in [1.29, 1.82) is 0 Å². The maximum atomic E-state index is 13.9. The first-order chi connectivity index (χ1) is 13.5. The SMILES string of the molecule is Cc1cc(C)n2nc(NC(=O)CC3CCCCC3)c(-c3cccc(F)c3)c2n1. The Morgan fingerprint density at radius 3 is 2.75 bits per heavy atom. The molecule has 1 N–H and O–H groups in total. The fourth-order valence-corrected chi connectivity index (χ4v) is 4.15. The second-order valence-electron chi connectivity index (χ2n) is 7.76. The highest BCUT2D eigenvalue weighted by atomic mass is 19.1. The monoisotopic (exact) mass is 380 g/mol. The third-order valence-corrected chi connectivity index (χ3v) is 5.47. The van der Waals surface area contributed by atoms with Gasteiger partial charge in [-0.2, -0.15) is 0 Å². The van der Waals surface area contributed by atoms with E-state index in [1.165, 1.54) is 31.4 Å². The molecule has 1 fully saturated rings. The molecule has 1 amide bonds. The van der Waals surface area contributed by atoms with Crippen molar-refractivity contribution >= 4 is 17.4 Å². The van der Waals surface area contributed by atoms with Gasteiger partial charge < -0.3 is 5.32 Å². The number of aromatic nitrogens is 3. The minimum absolute atomic E-state index is 0.0395. The fraction of sp³-hybridized carbons (Fsp3) is 0.409. The zero-order valence-corrected chi connectivity index (χ0v) is 16.3. The van der Waals surface area contributed by atoms with Gasteiger partial charge >= 0.3 is 0 Å². The Kier molecular flexibility index (Phi) is 5.11. The Hall–Kier alpha value is -2.76. The summed E-state index contributed by atoms with van der Waals surface area (Å²) in [5.41, 5.74) is 3.69. The molecule has 6 heteroatoms. The summed E-state index contributed by atoms with van der Waals surface area (Å²) in [7, 11) is 0. The average Bonchev–Trinajstić information content (AvgIpc) is 3.00. The Bertz CT molecular complexity index is 1020. The number of carbonyl (C=O) groups is 1. The normalized spacial score (nSPS) is 15.1. The van der Waals surface area contributed by atoms with Crippen LogP contribution in [0.15, 0.2) is 30.3 Å². The molecule has 5 nitrogen and oxygen atoms in total. The van der Waals surface area contributed by atoms with E-state index in [9.17, 15) is 9.18 Å². The van der Waals surface area contributed by atoms with Crippen LogP contribution in [0.3, 0.4) is 0 Å². The number of carbonyl (C=O) groups excluding carboxylic acids is 1. The first kappa shape index (κ1) is 18.6. The lowest BCUT2D eigenvalue weighted by atomic mass is 9.87. The van der Waals surface area contributed by atoms with E-state index in [0.717, 1.165) is 24.2 Å². The van der Waals surface area contributed by atoms with Crippen LogP contribution in [-0.2, 0) is 4.79 Å². The number of nitrogens with one attached hydrogen (secondary N) is 1. The van der Waals surface area contributed by atoms with Crippen molar-refractivity contribution < 1.29 is 9.18 Å². The quantitative estimate of drug-likeness (QED) is 0.688. The molecule has 0 atom stereocenters. The standard InChI is InChI=1S/C22H25FN4O/c1-14-11-15(2)27-22(24-14)20(17-9-6-10-18(23)13-17)21(26-27)25-19(28)12-16-7-4-3-5-8-16/h6,9-11,13,16H,3-5,7-8,12H2,1-2H3,(H,25,26,28). The molecule has 1 aliphatic carbocycles. The van der Waals surface area contributed by atoms with Crippen LogP contribution in [0.1, 0.15) is 49.9 Å². The number of amides is 1. The number of rotatable bonds is 4. The fourth-order valence-electron chi connectivity index (χ4n) is 4.15. The molecule has 0 aliphatic heterocycles. The minimum Gasteiger partial charge on any atom is -0.309 e. The highest BCUT2D eigenvalue weighted by Crippen LogP contribution is 2.33. The van der Waals surface area contributed by atoms with Gasteiger partial charge in [0.1, 0.15) is 5.82 Å². The van der Waals surface area contributed by atoms with Crippen LogP contribution in [0.25, 0.3) is 16.8 Å². The first-order valence-corrected chi connectivity index (χ1v) is 9.94. The van der Waals surface area contributed by atoms with E-state index >= 15 is 0 Å². The van der Waals surface area contributed by atoms with E-state index in [2.05, 4.69) is 15.4 Å². The third kappa shape index (κ3) is 3.77. The summed E-state index contributed by atoms with van der Waals surface area (Å²) in [5.74, 6) is 0.501. The number of hydrogen-bond acceptors (Lipinski definition) is 3. The van der Waals surface area contributed by atoms with Crippen molar-refractivity contribution in [3.8, 4) is 11.1 Å². The van der Waals surface area contributed by atoms with Gasteiger partial charge in [-0.15, -0.1) is 5.10 Å². The molecule has 0 bridgehead atoms. The molecule has 1 aromatic carbocycles. The van der Waals surface area contributed by atoms with E-state index in [4.69, 9.17) is 0 Å². The third-order valence-electron chi connectivity index (χ3n) is 5.47. The topological polar surface area (TPSA) is 59.3 Å². The van der Waals surface area contributed by atoms with Gasteiger partial charge in [0.2, 0.25) is 5.91 Å². The Morgan fingerprint density at radius 1 is 1.21 bits per heavy atom. The number of nitrogens with zero attached hydrogens (tertiary/aromatic N) is 3. The number of benzene rings is 1. The molecule has 0 spiro atoms. The van der Waals surface area contributed by atoms with Crippen LogP contribution >= 0.6 is 0 Å². The summed E-state index contributed by atoms with van der Waals surface area (Å²) in [5, 5.41) is 7.57. The van der Waals surface area contributed by atoms with Crippen LogP contribution in [-0.4, -0.2) is 20.5 Å². The average molecular weight is 380 g/mol. The van der Waals surface area contributed by atoms with Crippen LogP contribution in [0.2, 0.25) is 0 Å². The van der Waals surface area contributed by atoms with Gasteiger partial charge in [0.15, 0.2) is 11.5 Å². The Balaban J connectivity index is 1.73. The number of halogens is 1. The van der Waals surface area contributed by atoms with E-state index in [-0.39, 0.29) is 11.7 Å². The van der Waals surface area contributed by atoms with Crippen LogP contribution < -0.4 is 5.32 Å². The number of fused-ring (bicyclic) bond motifs is 1. The van der Waals surface area contributed by atoms with Crippen molar-refractivity contribution in [2.75, 3.05) is 5.32 Å². The predicted octanol–water partition coefficient (Wildman–Crippen LogP) is 5.06. The van der Waals surface area contributed by atoms with E-state index in [1.807, 2.05) is 26.0 Å². The lowest BCUT2D eigenvalue weighted by Crippen LogP contribution is -2.19. The van der Waals surface area contributed by atoms with Gasteiger partial charge in [-0.25, -0.2) is 13.9 Å². The lowest BCUT2D eigenvalue weighted by molar-refractivity contribution is -0.117. The molecule has 0 radical (unpaired) electrons. The van der Waals surface area contributed by atoms with Crippen molar-refractivity contribution in [3.63, 3.8) is 0 Å². The molecular formula is C22H25FN4O. The van der Waals surface area contributed by atoms with Gasteiger partial charge in [0, 0.05) is 17.8 Å². The molecule has 146 valence electrons. The molecule has 1 aliphatic rings. The smallest absolute Gasteiger partial charge is 0.225 e. The maximum Gasteiger partial charge on any atom is 0.225 e. The van der Waals surface area contributed by atoms with Gasteiger partial charge in [0.05, 0.1) is 5.56 Å². The van der Waals surface area contributed by atoms with E-state index in [0.29, 0.717) is 34.9 Å². The molecule has 4 rings (SSSR count). The summed E-state index contributed by atoms with van der Waals surface area (Å²) in [6.45, 7) is 3.86. The van der Waals surface area contributed by atoms with Crippen molar-refractivity contribution in [1.82, 2.24) is 14.6 Å². The Labute approximate surface area is 164 Å². The second-order valence-corrected chi connectivity index (χ2v) is 7.76. The summed E-state index contributed by atoms with van der Waals surface area (Å²) < 4.78 is 15.6.